The van der Waals surface area contributed by atoms with Gasteiger partial charge in [-0.05, 0) is 6.42 Å². The maximum absolute atomic E-state index is 13.0. The number of halogens is 8. The average molecular weight is 392 g/mol. The molecule has 24 heavy (non-hydrogen) atoms. The van der Waals surface area contributed by atoms with E-state index in [4.69, 9.17) is 4.55 Å². The molecule has 0 saturated carbocycles. The number of hydrogen-bond acceptors (Lipinski definition) is 3. The predicted octanol–water partition coefficient (Wildman–Crippen LogP) is 3.47. The van der Waals surface area contributed by atoms with Crippen molar-refractivity contribution >= 4 is 10.1 Å². The predicted molar refractivity (Wildman–Crippen MR) is 65.0 cm³/mol. The van der Waals surface area contributed by atoms with Crippen molar-refractivity contribution in [1.29, 1.82) is 0 Å². The fourth-order valence-electron chi connectivity index (χ4n) is 1.39. The largest absolute Gasteiger partial charge is 0.428 e. The van der Waals surface area contributed by atoms with E-state index in [2.05, 4.69) is 4.98 Å². The number of nitrogens with zero attached hydrogens (tertiary/aromatic N) is 2. The van der Waals surface area contributed by atoms with Gasteiger partial charge in [-0.2, -0.15) is 26.0 Å². The Bertz CT molecular complexity index is 591. The van der Waals surface area contributed by atoms with Gasteiger partial charge in [0.1, 0.15) is 6.04 Å². The molecule has 1 aromatic heterocycles. The lowest BCUT2D eigenvalue weighted by atomic mass is 10.1. The van der Waals surface area contributed by atoms with Crippen LogP contribution in [0.3, 0.4) is 0 Å². The molecule has 14 heteroatoms. The van der Waals surface area contributed by atoms with Crippen molar-refractivity contribution < 1.29 is 48.1 Å². The zero-order valence-electron chi connectivity index (χ0n) is 11.8. The summed E-state index contributed by atoms with van der Waals surface area (Å²) in [7, 11) is -5.98. The highest BCUT2D eigenvalue weighted by atomic mass is 32.2. The fourth-order valence-corrected chi connectivity index (χ4v) is 1.62. The van der Waals surface area contributed by atoms with E-state index in [0.29, 0.717) is 0 Å². The molecule has 142 valence electrons. The molecule has 1 unspecified atom stereocenters. The Labute approximate surface area is 131 Å². The summed E-state index contributed by atoms with van der Waals surface area (Å²) >= 11 is 0. The molecule has 1 atom stereocenters. The summed E-state index contributed by atoms with van der Waals surface area (Å²) in [6.07, 6.45) is -4.50. The SMILES string of the molecule is CCC(n1ccnc1)C(F)(F)C(F)F.O=S(=O)(O)C(F)(F)C(F)F. The first kappa shape index (κ1) is 22.6. The Hall–Kier alpha value is -1.44. The van der Waals surface area contributed by atoms with E-state index in [9.17, 15) is 43.5 Å². The van der Waals surface area contributed by atoms with Crippen molar-refractivity contribution in [1.82, 2.24) is 9.55 Å². The summed E-state index contributed by atoms with van der Waals surface area (Å²) in [5.74, 6) is -4.02. The van der Waals surface area contributed by atoms with Gasteiger partial charge in [-0.1, -0.05) is 6.92 Å². The summed E-state index contributed by atoms with van der Waals surface area (Å²) in [5.41, 5.74) is 0. The third-order valence-corrected chi connectivity index (χ3v) is 3.47. The number of rotatable bonds is 6. The van der Waals surface area contributed by atoms with Crippen LogP contribution in [0.25, 0.3) is 0 Å². The van der Waals surface area contributed by atoms with E-state index < -0.39 is 40.2 Å². The van der Waals surface area contributed by atoms with E-state index in [1.165, 1.54) is 19.3 Å². The third kappa shape index (κ3) is 5.29. The molecule has 0 bridgehead atoms. The highest BCUT2D eigenvalue weighted by Gasteiger charge is 2.53. The van der Waals surface area contributed by atoms with Crippen molar-refractivity contribution in [3.8, 4) is 0 Å². The minimum absolute atomic E-state index is 0.0757. The van der Waals surface area contributed by atoms with Crippen LogP contribution in [0.15, 0.2) is 18.7 Å². The Morgan fingerprint density at radius 3 is 1.83 bits per heavy atom. The second-order valence-corrected chi connectivity index (χ2v) is 5.74. The molecule has 0 aliphatic carbocycles. The van der Waals surface area contributed by atoms with Gasteiger partial charge in [0.25, 0.3) is 0 Å². The lowest BCUT2D eigenvalue weighted by Crippen LogP contribution is -2.37. The number of hydrogen-bond donors (Lipinski definition) is 1. The van der Waals surface area contributed by atoms with Crippen LogP contribution in [0.5, 0.6) is 0 Å². The van der Waals surface area contributed by atoms with Gasteiger partial charge in [-0.3, -0.25) is 4.55 Å². The van der Waals surface area contributed by atoms with Gasteiger partial charge in [-0.15, -0.1) is 0 Å². The van der Waals surface area contributed by atoms with Gasteiger partial charge in [0.15, 0.2) is 0 Å². The van der Waals surface area contributed by atoms with Crippen molar-refractivity contribution in [2.75, 3.05) is 0 Å². The van der Waals surface area contributed by atoms with Crippen LogP contribution in [0.4, 0.5) is 35.1 Å². The molecule has 1 heterocycles. The lowest BCUT2D eigenvalue weighted by molar-refractivity contribution is -0.160. The Morgan fingerprint density at radius 1 is 1.12 bits per heavy atom. The molecule has 0 aliphatic heterocycles. The second kappa shape index (κ2) is 8.09. The number of imidazole rings is 1. The van der Waals surface area contributed by atoms with Gasteiger partial charge in [0.05, 0.1) is 6.33 Å². The molecular formula is C10H12F8N2O3S. The normalized spacial score (nSPS) is 14.5. The number of aromatic nitrogens is 2. The third-order valence-electron chi connectivity index (χ3n) is 2.60. The van der Waals surface area contributed by atoms with Crippen LogP contribution >= 0.6 is 0 Å². The molecule has 0 amide bonds. The van der Waals surface area contributed by atoms with Crippen molar-refractivity contribution in [3.05, 3.63) is 18.7 Å². The summed E-state index contributed by atoms with van der Waals surface area (Å²) < 4.78 is 122. The van der Waals surface area contributed by atoms with Crippen LogP contribution in [0, 0.1) is 0 Å². The first-order valence-corrected chi connectivity index (χ1v) is 7.39. The summed E-state index contributed by atoms with van der Waals surface area (Å²) in [6, 6.07) is -1.54. The maximum Gasteiger partial charge on any atom is 0.428 e. The molecule has 1 N–H and O–H groups in total. The van der Waals surface area contributed by atoms with Crippen LogP contribution < -0.4 is 0 Å². The van der Waals surface area contributed by atoms with Crippen LogP contribution in [0.1, 0.15) is 19.4 Å². The molecule has 0 aromatic carbocycles. The minimum atomic E-state index is -5.98. The Morgan fingerprint density at radius 2 is 1.62 bits per heavy atom. The molecule has 1 aromatic rings. The van der Waals surface area contributed by atoms with Gasteiger partial charge in [0, 0.05) is 12.4 Å². The van der Waals surface area contributed by atoms with Crippen LogP contribution in [-0.2, 0) is 10.1 Å². The monoisotopic (exact) mass is 392 g/mol. The highest BCUT2D eigenvalue weighted by molar-refractivity contribution is 7.86. The second-order valence-electron chi connectivity index (χ2n) is 4.25. The van der Waals surface area contributed by atoms with Gasteiger partial charge in [-0.25, -0.2) is 22.5 Å². The first-order chi connectivity index (χ1) is 10.7. The van der Waals surface area contributed by atoms with Gasteiger partial charge >= 0.3 is 34.1 Å². The standard InChI is InChI=1S/C8H10F4N2.C2H2F4O3S/c1-2-6(8(11,12)7(9)10)14-4-3-13-5-14;3-1(4)2(5,6)10(7,8)9/h3-7H,2H2,1H3;1H,(H,7,8,9). The molecule has 5 nitrogen and oxygen atoms in total. The highest BCUT2D eigenvalue weighted by Crippen LogP contribution is 2.36. The van der Waals surface area contributed by atoms with E-state index >= 15 is 0 Å². The van der Waals surface area contributed by atoms with E-state index in [1.807, 2.05) is 0 Å². The van der Waals surface area contributed by atoms with E-state index in [-0.39, 0.29) is 6.42 Å². The van der Waals surface area contributed by atoms with E-state index in [0.717, 1.165) is 10.9 Å². The van der Waals surface area contributed by atoms with Crippen LogP contribution in [0.2, 0.25) is 0 Å². The average Bonchev–Trinajstić information content (AvgIpc) is 2.92. The van der Waals surface area contributed by atoms with Gasteiger partial charge < -0.3 is 4.57 Å². The summed E-state index contributed by atoms with van der Waals surface area (Å²) in [6.45, 7) is 1.43. The van der Waals surface area contributed by atoms with Crippen molar-refractivity contribution in [2.24, 2.45) is 0 Å². The van der Waals surface area contributed by atoms with Crippen molar-refractivity contribution in [3.63, 3.8) is 0 Å². The smallest absolute Gasteiger partial charge is 0.328 e. The number of alkyl halides is 8. The zero-order valence-corrected chi connectivity index (χ0v) is 12.6. The Balaban J connectivity index is 0.000000470. The fraction of sp³-hybridized carbons (Fsp3) is 0.700. The van der Waals surface area contributed by atoms with Gasteiger partial charge in [0.2, 0.25) is 0 Å². The molecule has 0 fully saturated rings. The first-order valence-electron chi connectivity index (χ1n) is 5.95. The molecule has 0 spiro atoms. The molecule has 0 radical (unpaired) electrons. The Kier molecular flexibility index (Phi) is 7.61. The molecule has 0 saturated heterocycles. The van der Waals surface area contributed by atoms with Crippen LogP contribution in [-0.4, -0.2) is 46.5 Å². The maximum atomic E-state index is 13.0. The summed E-state index contributed by atoms with van der Waals surface area (Å²) in [4.78, 5) is 3.55. The zero-order chi connectivity index (χ0) is 19.3. The van der Waals surface area contributed by atoms with E-state index in [1.54, 1.807) is 0 Å². The topological polar surface area (TPSA) is 72.2 Å². The molecule has 0 aliphatic rings. The summed E-state index contributed by atoms with van der Waals surface area (Å²) in [5, 5.41) is -5.37. The lowest BCUT2D eigenvalue weighted by Gasteiger charge is -2.25. The van der Waals surface area contributed by atoms with Crippen molar-refractivity contribution in [2.45, 2.75) is 43.4 Å². The minimum Gasteiger partial charge on any atom is -0.328 e. The molecule has 1 rings (SSSR count). The molecular weight excluding hydrogens is 380 g/mol. The quantitative estimate of drug-likeness (QED) is 0.595.